The Morgan fingerprint density at radius 1 is 0.167 bits per heavy atom. The molecule has 12 aliphatic rings. The van der Waals surface area contributed by atoms with Crippen molar-refractivity contribution in [3.8, 4) is 0 Å². The summed E-state index contributed by atoms with van der Waals surface area (Å²) in [6.07, 6.45) is 44.1. The van der Waals surface area contributed by atoms with E-state index in [2.05, 4.69) is 0 Å². The summed E-state index contributed by atoms with van der Waals surface area (Å²) in [7, 11) is 0. The van der Waals surface area contributed by atoms with Gasteiger partial charge in [-0.05, 0) is 165 Å². The molecular formula is C60H120. The van der Waals surface area contributed by atoms with Crippen molar-refractivity contribution in [2.24, 2.45) is 94.7 Å². The molecule has 360 valence electrons. The van der Waals surface area contributed by atoms with Gasteiger partial charge in [0.05, 0.1) is 0 Å². The number of fused-ring (bicyclic) bond motifs is 19. The van der Waals surface area contributed by atoms with Gasteiger partial charge in [0.15, 0.2) is 0 Å². The van der Waals surface area contributed by atoms with Gasteiger partial charge in [0.1, 0.15) is 0 Å². The standard InChI is InChI=1S/C15H22.C10H16.C10H18.C9H16.8C2H6/c1-2-10-11(3-1)13-7-12(10)14-8-4-5-9(6-8)15(13)14;1-2-9-7-4-5-8(6-7)10(9)3-1;1-2-6-10-8-4-3-7-9(10)5-1;1-2-5-9-7-3-6-8(9)4-1;8*1-2/h8-15H,1-7H2;7-10H,1-6H2;9-10H,1-8H2;8-9H,1-7H2;8*1-2H3. The van der Waals surface area contributed by atoms with Crippen LogP contribution < -0.4 is 0 Å². The molecule has 0 heteroatoms. The average Bonchev–Trinajstić information content (AvgIpc) is 4.21. The van der Waals surface area contributed by atoms with Crippen molar-refractivity contribution in [2.75, 3.05) is 0 Å². The van der Waals surface area contributed by atoms with Crippen molar-refractivity contribution in [1.82, 2.24) is 0 Å². The molecule has 60 heavy (non-hydrogen) atoms. The molecule has 12 fully saturated rings. The highest BCUT2D eigenvalue weighted by atomic mass is 14.7. The van der Waals surface area contributed by atoms with Crippen molar-refractivity contribution in [3.05, 3.63) is 0 Å². The lowest BCUT2D eigenvalue weighted by Gasteiger charge is -2.40. The third-order valence-electron chi connectivity index (χ3n) is 18.3. The molecule has 0 heterocycles. The van der Waals surface area contributed by atoms with Crippen molar-refractivity contribution in [2.45, 2.75) is 291 Å². The second kappa shape index (κ2) is 34.4. The number of hydrogen-bond donors (Lipinski definition) is 0. The summed E-state index contributed by atoms with van der Waals surface area (Å²) in [4.78, 5) is 0. The summed E-state index contributed by atoms with van der Waals surface area (Å²) in [5.74, 6) is 19.2. The second-order valence-electron chi connectivity index (χ2n) is 19.7. The van der Waals surface area contributed by atoms with Gasteiger partial charge >= 0.3 is 0 Å². The van der Waals surface area contributed by atoms with E-state index in [0.29, 0.717) is 0 Å². The summed E-state index contributed by atoms with van der Waals surface area (Å²) < 4.78 is 0. The predicted molar refractivity (Wildman–Crippen MR) is 276 cm³/mol. The zero-order chi connectivity index (χ0) is 45.0. The molecule has 12 aliphatic carbocycles. The monoisotopic (exact) mass is 841 g/mol. The molecule has 6 bridgehead atoms. The second-order valence-corrected chi connectivity index (χ2v) is 19.7. The first-order valence-electron chi connectivity index (χ1n) is 29.8. The van der Waals surface area contributed by atoms with Gasteiger partial charge < -0.3 is 0 Å². The van der Waals surface area contributed by atoms with E-state index in [-0.39, 0.29) is 0 Å². The van der Waals surface area contributed by atoms with E-state index in [1.165, 1.54) is 128 Å². The fourth-order valence-corrected chi connectivity index (χ4v) is 16.8. The van der Waals surface area contributed by atoms with E-state index >= 15 is 0 Å². The van der Waals surface area contributed by atoms with E-state index in [1.54, 1.807) is 135 Å². The normalized spacial score (nSPS) is 40.8. The Kier molecular flexibility index (Phi) is 33.2. The zero-order valence-electron chi connectivity index (χ0n) is 45.0. The average molecular weight is 842 g/mol. The largest absolute Gasteiger partial charge is 0.0683 e. The fourth-order valence-electron chi connectivity index (χ4n) is 16.8. The first kappa shape index (κ1) is 58.0. The minimum atomic E-state index is 1.16. The minimum Gasteiger partial charge on any atom is -0.0683 e. The Hall–Kier alpha value is 0. The van der Waals surface area contributed by atoms with Gasteiger partial charge in [-0.3, -0.25) is 0 Å². The van der Waals surface area contributed by atoms with E-state index in [4.69, 9.17) is 0 Å². The van der Waals surface area contributed by atoms with Gasteiger partial charge in [-0.2, -0.15) is 0 Å². The Bertz CT molecular complexity index is 868. The molecule has 0 aromatic heterocycles. The van der Waals surface area contributed by atoms with Crippen LogP contribution in [0.25, 0.3) is 0 Å². The van der Waals surface area contributed by atoms with Crippen molar-refractivity contribution >= 4 is 0 Å². The molecule has 0 amide bonds. The van der Waals surface area contributed by atoms with Crippen LogP contribution in [-0.4, -0.2) is 0 Å². The molecule has 0 radical (unpaired) electrons. The maximum atomic E-state index is 2.00. The van der Waals surface area contributed by atoms with Crippen LogP contribution >= 0.6 is 0 Å². The topological polar surface area (TPSA) is 0 Å². The number of rotatable bonds is 0. The van der Waals surface area contributed by atoms with E-state index < -0.39 is 0 Å². The van der Waals surface area contributed by atoms with Crippen LogP contribution in [-0.2, 0) is 0 Å². The molecule has 0 nitrogen and oxygen atoms in total. The first-order valence-corrected chi connectivity index (χ1v) is 29.8. The summed E-state index contributed by atoms with van der Waals surface area (Å²) in [6, 6.07) is 0. The van der Waals surface area contributed by atoms with Crippen LogP contribution in [0.2, 0.25) is 0 Å². The predicted octanol–water partition coefficient (Wildman–Crippen LogP) is 21.1. The van der Waals surface area contributed by atoms with Crippen LogP contribution in [0.3, 0.4) is 0 Å². The van der Waals surface area contributed by atoms with Crippen molar-refractivity contribution < 1.29 is 0 Å². The molecule has 14 atom stereocenters. The van der Waals surface area contributed by atoms with Crippen LogP contribution in [0.15, 0.2) is 0 Å². The lowest BCUT2D eigenvalue weighted by atomic mass is 9.64. The molecule has 14 unspecified atom stereocenters. The van der Waals surface area contributed by atoms with Gasteiger partial charge in [-0.25, -0.2) is 0 Å². The van der Waals surface area contributed by atoms with Gasteiger partial charge in [0.25, 0.3) is 0 Å². The van der Waals surface area contributed by atoms with Gasteiger partial charge in [-0.1, -0.05) is 220 Å². The molecular weight excluding hydrogens is 721 g/mol. The molecule has 0 spiro atoms. The van der Waals surface area contributed by atoms with Crippen molar-refractivity contribution in [1.29, 1.82) is 0 Å². The lowest BCUT2D eigenvalue weighted by molar-refractivity contribution is 0.0716. The fraction of sp³-hybridized carbons (Fsp3) is 1.00. The minimum absolute atomic E-state index is 1.16. The third-order valence-corrected chi connectivity index (χ3v) is 18.3. The Morgan fingerprint density at radius 3 is 0.717 bits per heavy atom. The molecule has 12 saturated carbocycles. The van der Waals surface area contributed by atoms with Crippen LogP contribution in [0, 0.1) is 94.7 Å². The Labute approximate surface area is 383 Å². The van der Waals surface area contributed by atoms with E-state index in [9.17, 15) is 0 Å². The third kappa shape index (κ3) is 14.8. The SMILES string of the molecule is C1CC2C(C1)C1CC2C2C3CCC(C3)C12.C1CC2C3CCC(C3)C2C1.C1CCC2CCCC2C1.C1CCC2CCCCC2C1.CC.CC.CC.CC.CC.CC.CC.CC. The highest BCUT2D eigenvalue weighted by molar-refractivity contribution is 5.14. The molecule has 0 aromatic rings. The maximum absolute atomic E-state index is 2.00. The Balaban J connectivity index is 0.000000365. The van der Waals surface area contributed by atoms with Gasteiger partial charge in [0, 0.05) is 0 Å². The van der Waals surface area contributed by atoms with Crippen LogP contribution in [0.5, 0.6) is 0 Å². The summed E-state index contributed by atoms with van der Waals surface area (Å²) in [5.41, 5.74) is 0. The quantitative estimate of drug-likeness (QED) is 0.213. The smallest absolute Gasteiger partial charge is 0.0321 e. The molecule has 0 N–H and O–H groups in total. The van der Waals surface area contributed by atoms with Crippen molar-refractivity contribution in [3.63, 3.8) is 0 Å². The summed E-state index contributed by atoms with van der Waals surface area (Å²) in [5, 5.41) is 0. The molecule has 12 rings (SSSR count). The van der Waals surface area contributed by atoms with Gasteiger partial charge in [-0.15, -0.1) is 0 Å². The molecule has 0 saturated heterocycles. The van der Waals surface area contributed by atoms with Gasteiger partial charge in [0.2, 0.25) is 0 Å². The molecule has 0 aromatic carbocycles. The van der Waals surface area contributed by atoms with E-state index in [0.717, 1.165) is 11.8 Å². The summed E-state index contributed by atoms with van der Waals surface area (Å²) >= 11 is 0. The number of hydrogen-bond acceptors (Lipinski definition) is 0. The first-order chi connectivity index (χ1) is 29.8. The molecule has 0 aliphatic heterocycles. The highest BCUT2D eigenvalue weighted by Crippen LogP contribution is 2.72. The van der Waals surface area contributed by atoms with E-state index in [1.807, 2.05) is 111 Å². The maximum Gasteiger partial charge on any atom is -0.0321 e. The zero-order valence-corrected chi connectivity index (χ0v) is 45.0. The lowest BCUT2D eigenvalue weighted by Crippen LogP contribution is -2.35. The highest BCUT2D eigenvalue weighted by Gasteiger charge is 2.65. The van der Waals surface area contributed by atoms with Crippen LogP contribution in [0.1, 0.15) is 291 Å². The Morgan fingerprint density at radius 2 is 0.400 bits per heavy atom. The van der Waals surface area contributed by atoms with Crippen LogP contribution in [0.4, 0.5) is 0 Å². The summed E-state index contributed by atoms with van der Waals surface area (Å²) in [6.45, 7) is 32.0.